The van der Waals surface area contributed by atoms with E-state index in [9.17, 15) is 62.3 Å². The molecule has 7 N–H and O–H groups in total. The molecule has 1 heterocycles. The van der Waals surface area contributed by atoms with Gasteiger partial charge in [0.05, 0.1) is 0 Å². The van der Waals surface area contributed by atoms with Crippen LogP contribution in [0.15, 0.2) is 0 Å². The number of nitrogens with zero attached hydrogens (tertiary/aromatic N) is 6. The molecular formula is C70H125N13O15. The van der Waals surface area contributed by atoms with Crippen molar-refractivity contribution < 1.29 is 71.9 Å². The molecule has 13 amide bonds. The van der Waals surface area contributed by atoms with E-state index in [4.69, 9.17) is 4.74 Å². The summed E-state index contributed by atoms with van der Waals surface area (Å²) in [5, 5.41) is 19.3. The summed E-state index contributed by atoms with van der Waals surface area (Å²) in [6, 6.07) is -12.0. The van der Waals surface area contributed by atoms with Crippen LogP contribution in [-0.2, 0) is 71.9 Å². The Labute approximate surface area is 584 Å². The second kappa shape index (κ2) is 41.9. The molecule has 0 saturated carbocycles. The molecule has 0 aromatic heterocycles. The maximum absolute atomic E-state index is 15.0. The largest absolute Gasteiger partial charge is 0.458 e. The van der Waals surface area contributed by atoms with Crippen molar-refractivity contribution in [2.45, 2.75) is 256 Å². The summed E-state index contributed by atoms with van der Waals surface area (Å²) in [6.45, 7) is 32.2. The number of rotatable bonds is 19. The van der Waals surface area contributed by atoms with E-state index >= 15 is 4.79 Å². The molecule has 0 aliphatic carbocycles. The predicted molar refractivity (Wildman–Crippen MR) is 373 cm³/mol. The zero-order valence-electron chi connectivity index (χ0n) is 63.8. The Morgan fingerprint density at radius 2 is 1.00 bits per heavy atom. The first kappa shape index (κ1) is 88.6. The first-order chi connectivity index (χ1) is 45.4. The van der Waals surface area contributed by atoms with E-state index in [1.54, 1.807) is 55.4 Å². The van der Waals surface area contributed by atoms with E-state index in [1.807, 2.05) is 55.4 Å². The summed E-state index contributed by atoms with van der Waals surface area (Å²) in [5.74, 6) is -11.9. The van der Waals surface area contributed by atoms with Gasteiger partial charge in [-0.3, -0.25) is 62.3 Å². The van der Waals surface area contributed by atoms with Crippen LogP contribution in [0.4, 0.5) is 0 Å². The van der Waals surface area contributed by atoms with Crippen molar-refractivity contribution in [3.05, 3.63) is 0 Å². The Morgan fingerprint density at radius 3 is 1.45 bits per heavy atom. The molecule has 1 rings (SSSR count). The highest BCUT2D eigenvalue weighted by atomic mass is 16.5. The van der Waals surface area contributed by atoms with Crippen molar-refractivity contribution in [2.75, 3.05) is 61.9 Å². The highest BCUT2D eigenvalue weighted by Gasteiger charge is 2.44. The molecule has 1 aliphatic heterocycles. The summed E-state index contributed by atoms with van der Waals surface area (Å²) >= 11 is 0. The highest BCUT2D eigenvalue weighted by Crippen LogP contribution is 2.24. The lowest BCUT2D eigenvalue weighted by atomic mass is 9.94. The average Bonchev–Trinajstić information content (AvgIpc) is 0.845. The minimum Gasteiger partial charge on any atom is -0.458 e. The normalized spacial score (nSPS) is 25.1. The number of hydrogen-bond acceptors (Lipinski definition) is 15. The number of esters is 1. The Hall–Kier alpha value is -7.42. The molecule has 0 spiro atoms. The molecule has 28 heteroatoms. The third-order valence-electron chi connectivity index (χ3n) is 18.6. The zero-order valence-corrected chi connectivity index (χ0v) is 63.8. The summed E-state index contributed by atoms with van der Waals surface area (Å²) in [7, 11) is 8.49. The highest BCUT2D eigenvalue weighted by molar-refractivity contribution is 5.97. The fourth-order valence-electron chi connectivity index (χ4n) is 11.9. The lowest BCUT2D eigenvalue weighted by Gasteiger charge is -2.37. The molecule has 1 saturated heterocycles. The van der Waals surface area contributed by atoms with Crippen LogP contribution in [0, 0.1) is 47.3 Å². The van der Waals surface area contributed by atoms with Gasteiger partial charge in [-0.05, 0) is 80.5 Å². The number of hydrogen-bond donors (Lipinski definition) is 7. The SMILES string of the molecule is CC[C@@H](C)[C@H]1NC(=O)CCNC(=O)[C@H]([C@@H](C)CC)N(C)C(=O)[C@@H](CC(C)C)NC(=O)CCN(C)C(=O)[C@@H](NC(=O)[C@@H](CC(C)C)N(C)C(=O)[C@@H](NC(C)=O)C(C)C)[C@@H](C)OC(=O)[C@@H]([C@@H](C)CC)N(C)C(=O)[C@@H](CC(C)C)NC(=O)CCNC(=O)[C@H](C)N(C)C(=O)[C@H](C(C)C)N(C)C1=O. The van der Waals surface area contributed by atoms with Gasteiger partial charge in [0.25, 0.3) is 0 Å². The van der Waals surface area contributed by atoms with Crippen LogP contribution < -0.4 is 37.2 Å². The summed E-state index contributed by atoms with van der Waals surface area (Å²) in [5.41, 5.74) is 0. The fourth-order valence-corrected chi connectivity index (χ4v) is 11.9. The van der Waals surface area contributed by atoms with Crippen LogP contribution >= 0.6 is 0 Å². The number of nitrogens with one attached hydrogen (secondary N) is 7. The smallest absolute Gasteiger partial charge is 0.329 e. The molecule has 14 atom stereocenters. The molecule has 1 fully saturated rings. The molecule has 0 bridgehead atoms. The monoisotopic (exact) mass is 1390 g/mol. The molecule has 0 radical (unpaired) electrons. The van der Waals surface area contributed by atoms with Gasteiger partial charge in [0.2, 0.25) is 76.8 Å². The second-order valence-electron chi connectivity index (χ2n) is 29.0. The van der Waals surface area contributed by atoms with Gasteiger partial charge >= 0.3 is 5.97 Å². The Kier molecular flexibility index (Phi) is 37.8. The van der Waals surface area contributed by atoms with Gasteiger partial charge in [-0.25, -0.2) is 4.79 Å². The molecule has 1 aliphatic rings. The summed E-state index contributed by atoms with van der Waals surface area (Å²) in [6.07, 6.45) is -0.874. The van der Waals surface area contributed by atoms with Gasteiger partial charge in [0.15, 0.2) is 0 Å². The number of cyclic esters (lactones) is 1. The third kappa shape index (κ3) is 26.7. The van der Waals surface area contributed by atoms with Crippen molar-refractivity contribution in [2.24, 2.45) is 47.3 Å². The molecule has 28 nitrogen and oxygen atoms in total. The van der Waals surface area contributed by atoms with Gasteiger partial charge < -0.3 is 71.4 Å². The fraction of sp³-hybridized carbons (Fsp3) is 0.800. The minimum atomic E-state index is -1.70. The molecule has 98 heavy (non-hydrogen) atoms. The van der Waals surface area contributed by atoms with Crippen LogP contribution in [0.3, 0.4) is 0 Å². The number of carbonyl (C=O) groups is 14. The van der Waals surface area contributed by atoms with Crippen LogP contribution in [0.5, 0.6) is 0 Å². The lowest BCUT2D eigenvalue weighted by Crippen LogP contribution is -2.61. The number of amides is 13. The van der Waals surface area contributed by atoms with Gasteiger partial charge in [-0.2, -0.15) is 0 Å². The minimum absolute atomic E-state index is 0.0851. The van der Waals surface area contributed by atoms with E-state index in [-0.39, 0.29) is 75.9 Å². The lowest BCUT2D eigenvalue weighted by molar-refractivity contribution is -0.164. The van der Waals surface area contributed by atoms with Crippen molar-refractivity contribution in [3.63, 3.8) is 0 Å². The summed E-state index contributed by atoms with van der Waals surface area (Å²) in [4.78, 5) is 206. The van der Waals surface area contributed by atoms with E-state index in [1.165, 1.54) is 87.6 Å². The summed E-state index contributed by atoms with van der Waals surface area (Å²) < 4.78 is 6.15. The topological polar surface area (TPSA) is 352 Å². The molecular weight excluding hydrogens is 1260 g/mol. The zero-order chi connectivity index (χ0) is 75.7. The second-order valence-corrected chi connectivity index (χ2v) is 29.0. The standard InChI is InChI=1S/C70H125N13O15/c1-26-43(14)56-68(95)81(23)58(42(12)13)69(96)79(21)46(17)61(88)71-32-29-52(85)74-50(36-39(6)7)65(92)83(25)60(45(16)28-3)70(97)98-47(18)57(77-62(89)51(37-40(8)9)80(22)67(94)55(41(10)11)73-48(19)84)66(93)78(20)34-31-54(87)75-49(35-38(4)5)64(91)82(24)59(44(15)27-2)63(90)72-33-30-53(86)76-56/h38-47,49-51,55-60H,26-37H2,1-25H3,(H,71,88)(H,72,90)(H,73,84)(H,74,85)(H,75,87)(H,76,86)(H,77,89)/t43-,44+,45+,46+,47-,49-,50-,51-,55+,56-,57+,58+,59+,60-/m1/s1. The van der Waals surface area contributed by atoms with E-state index in [0.29, 0.717) is 19.3 Å². The quantitative estimate of drug-likeness (QED) is 0.0915. The number of carbonyl (C=O) groups excluding carboxylic acids is 14. The van der Waals surface area contributed by atoms with Gasteiger partial charge in [-0.1, -0.05) is 130 Å². The van der Waals surface area contributed by atoms with Crippen molar-refractivity contribution in [3.8, 4) is 0 Å². The third-order valence-corrected chi connectivity index (χ3v) is 18.6. The average molecular weight is 1390 g/mol. The first-order valence-corrected chi connectivity index (χ1v) is 35.2. The van der Waals surface area contributed by atoms with Crippen LogP contribution in [0.1, 0.15) is 189 Å². The van der Waals surface area contributed by atoms with Gasteiger partial charge in [-0.15, -0.1) is 0 Å². The maximum atomic E-state index is 15.0. The van der Waals surface area contributed by atoms with Crippen LogP contribution in [-0.4, -0.2) is 241 Å². The van der Waals surface area contributed by atoms with Crippen molar-refractivity contribution in [1.29, 1.82) is 0 Å². The van der Waals surface area contributed by atoms with Crippen molar-refractivity contribution >= 4 is 82.8 Å². The van der Waals surface area contributed by atoms with E-state index < -0.39 is 179 Å². The molecule has 0 aromatic carbocycles. The van der Waals surface area contributed by atoms with Gasteiger partial charge in [0.1, 0.15) is 66.5 Å². The predicted octanol–water partition coefficient (Wildman–Crippen LogP) is 2.98. The molecule has 560 valence electrons. The van der Waals surface area contributed by atoms with E-state index in [0.717, 1.165) is 4.90 Å². The molecule has 0 aromatic rings. The van der Waals surface area contributed by atoms with Crippen molar-refractivity contribution in [1.82, 2.24) is 66.6 Å². The molecule has 0 unspecified atom stereocenters. The number of likely N-dealkylation sites (N-methyl/N-ethyl adjacent to an activating group) is 6. The van der Waals surface area contributed by atoms with Crippen LogP contribution in [0.2, 0.25) is 0 Å². The van der Waals surface area contributed by atoms with E-state index in [2.05, 4.69) is 37.2 Å². The first-order valence-electron chi connectivity index (χ1n) is 35.2. The Morgan fingerprint density at radius 1 is 0.551 bits per heavy atom. The number of ether oxygens (including phenoxy) is 1. The van der Waals surface area contributed by atoms with Crippen LogP contribution in [0.25, 0.3) is 0 Å². The maximum Gasteiger partial charge on any atom is 0.329 e. The Bertz CT molecular complexity index is 2730. The van der Waals surface area contributed by atoms with Gasteiger partial charge in [0, 0.05) is 88.1 Å². The Balaban J connectivity index is 4.22.